The highest BCUT2D eigenvalue weighted by molar-refractivity contribution is 9.10. The number of halogens is 3. The lowest BCUT2D eigenvalue weighted by atomic mass is 10.0. The number of nitrogens with zero attached hydrogens (tertiary/aromatic N) is 4. The molecule has 0 spiro atoms. The number of rotatable bonds is 1. The van der Waals surface area contributed by atoms with Crippen LogP contribution in [0.25, 0.3) is 10.9 Å². The number of hydrogen-bond acceptors (Lipinski definition) is 7. The molecule has 2 bridgehead atoms. The molecule has 0 N–H and O–H groups in total. The maximum Gasteiger partial charge on any atom is 0.410 e. The van der Waals surface area contributed by atoms with Gasteiger partial charge in [-0.2, -0.15) is 0 Å². The first-order valence-corrected chi connectivity index (χ1v) is 12.8. The first-order valence-electron chi connectivity index (χ1n) is 10.4. The van der Waals surface area contributed by atoms with Crippen molar-refractivity contribution in [2.45, 2.75) is 62.5 Å². The monoisotopic (exact) mass is 544 g/mol. The van der Waals surface area contributed by atoms with Crippen molar-refractivity contribution in [2.24, 2.45) is 0 Å². The van der Waals surface area contributed by atoms with Gasteiger partial charge in [0.1, 0.15) is 28.6 Å². The van der Waals surface area contributed by atoms with Gasteiger partial charge in [0.2, 0.25) is 0 Å². The van der Waals surface area contributed by atoms with E-state index in [0.717, 1.165) is 12.8 Å². The van der Waals surface area contributed by atoms with E-state index in [2.05, 4.69) is 25.8 Å². The lowest BCUT2D eigenvalue weighted by Gasteiger charge is -2.46. The molecule has 0 aliphatic carbocycles. The van der Waals surface area contributed by atoms with Gasteiger partial charge < -0.3 is 14.4 Å². The summed E-state index contributed by atoms with van der Waals surface area (Å²) in [4.78, 5) is 26.2. The SMILES string of the molecule is CSc1nc2c3c(c(Cl)c(Br)c(F)c3n1)OCC1[C@@H]3CC[C@H](CN21)N3C(=O)OC(C)(C)C. The molecule has 7 nitrogen and oxygen atoms in total. The molecule has 1 aromatic carbocycles. The summed E-state index contributed by atoms with van der Waals surface area (Å²) in [6.45, 7) is 6.44. The lowest BCUT2D eigenvalue weighted by Crippen LogP contribution is -2.63. The van der Waals surface area contributed by atoms with Gasteiger partial charge in [-0.3, -0.25) is 4.90 Å². The van der Waals surface area contributed by atoms with E-state index in [1.54, 1.807) is 0 Å². The third-order valence-electron chi connectivity index (χ3n) is 6.14. The Morgan fingerprint density at radius 3 is 2.75 bits per heavy atom. The predicted octanol–water partition coefficient (Wildman–Crippen LogP) is 5.26. The first-order chi connectivity index (χ1) is 15.1. The number of carbonyl (C=O) groups excluding carboxylic acids is 1. The lowest BCUT2D eigenvalue weighted by molar-refractivity contribution is 0.00546. The molecule has 0 saturated carbocycles. The van der Waals surface area contributed by atoms with Crippen LogP contribution in [0.4, 0.5) is 15.0 Å². The molecule has 11 heteroatoms. The highest BCUT2D eigenvalue weighted by atomic mass is 79.9. The van der Waals surface area contributed by atoms with Crippen LogP contribution in [0.2, 0.25) is 5.02 Å². The number of amides is 1. The molecule has 2 aromatic rings. The van der Waals surface area contributed by atoms with Crippen LogP contribution in [0.5, 0.6) is 5.75 Å². The van der Waals surface area contributed by atoms with Crippen LogP contribution in [-0.4, -0.2) is 64.1 Å². The summed E-state index contributed by atoms with van der Waals surface area (Å²) >= 11 is 11.1. The number of carbonyl (C=O) groups is 1. The van der Waals surface area contributed by atoms with Gasteiger partial charge >= 0.3 is 6.09 Å². The standard InChI is InChI=1S/C21H23BrClFN4O3S/c1-21(2,3)31-20(29)28-9-5-6-10(28)11-8-30-17-12-16(15(24)13(22)14(17)23)25-19(32-4)26-18(12)27(11)7-9/h9-11H,5-8H2,1-4H3/t9-,10+,11?/m1/s1. The minimum Gasteiger partial charge on any atom is -0.489 e. The normalized spacial score (nSPS) is 24.3. The van der Waals surface area contributed by atoms with Crippen molar-refractivity contribution in [1.82, 2.24) is 14.9 Å². The van der Waals surface area contributed by atoms with Crippen LogP contribution < -0.4 is 9.64 Å². The minimum absolute atomic E-state index is 0.0221. The summed E-state index contributed by atoms with van der Waals surface area (Å²) in [6, 6.07) is -0.293. The summed E-state index contributed by atoms with van der Waals surface area (Å²) < 4.78 is 27.2. The fourth-order valence-corrected chi connectivity index (χ4v) is 5.85. The zero-order chi connectivity index (χ0) is 22.9. The Morgan fingerprint density at radius 1 is 1.31 bits per heavy atom. The van der Waals surface area contributed by atoms with Crippen molar-refractivity contribution in [3.8, 4) is 5.75 Å². The molecule has 4 heterocycles. The van der Waals surface area contributed by atoms with Crippen LogP contribution >= 0.6 is 39.3 Å². The Morgan fingerprint density at radius 2 is 2.06 bits per heavy atom. The smallest absolute Gasteiger partial charge is 0.410 e. The number of fused-ring (bicyclic) bond motifs is 5. The number of aromatic nitrogens is 2. The Kier molecular flexibility index (Phi) is 5.41. The molecule has 172 valence electrons. The highest BCUT2D eigenvalue weighted by Crippen LogP contribution is 2.49. The average Bonchev–Trinajstić information content (AvgIpc) is 2.96. The molecule has 32 heavy (non-hydrogen) atoms. The minimum atomic E-state index is -0.576. The van der Waals surface area contributed by atoms with E-state index in [0.29, 0.717) is 28.7 Å². The van der Waals surface area contributed by atoms with E-state index < -0.39 is 11.4 Å². The maximum absolute atomic E-state index is 15.2. The number of thioether (sulfide) groups is 1. The van der Waals surface area contributed by atoms with Gasteiger partial charge in [0.25, 0.3) is 0 Å². The summed E-state index contributed by atoms with van der Waals surface area (Å²) in [5.74, 6) is 0.433. The van der Waals surface area contributed by atoms with Gasteiger partial charge in [0, 0.05) is 6.54 Å². The largest absolute Gasteiger partial charge is 0.489 e. The molecule has 3 aliphatic rings. The summed E-state index contributed by atoms with van der Waals surface area (Å²) in [7, 11) is 0. The second-order valence-corrected chi connectivity index (χ2v) is 11.2. The topological polar surface area (TPSA) is 67.8 Å². The van der Waals surface area contributed by atoms with E-state index in [1.165, 1.54) is 11.8 Å². The number of benzene rings is 1. The van der Waals surface area contributed by atoms with Crippen molar-refractivity contribution >= 4 is 62.1 Å². The van der Waals surface area contributed by atoms with Gasteiger partial charge in [0.05, 0.1) is 28.0 Å². The average molecular weight is 546 g/mol. The van der Waals surface area contributed by atoms with E-state index in [4.69, 9.17) is 26.1 Å². The van der Waals surface area contributed by atoms with Crippen molar-refractivity contribution in [1.29, 1.82) is 0 Å². The number of hydrogen-bond donors (Lipinski definition) is 0. The van der Waals surface area contributed by atoms with Gasteiger partial charge in [-0.15, -0.1) is 0 Å². The van der Waals surface area contributed by atoms with Gasteiger partial charge in [-0.05, 0) is 55.8 Å². The number of anilines is 1. The second kappa shape index (κ2) is 7.77. The van der Waals surface area contributed by atoms with Crippen LogP contribution in [0.15, 0.2) is 9.63 Å². The van der Waals surface area contributed by atoms with Crippen LogP contribution in [-0.2, 0) is 4.74 Å². The molecule has 3 atom stereocenters. The van der Waals surface area contributed by atoms with E-state index >= 15 is 4.39 Å². The number of ether oxygens (including phenoxy) is 2. The van der Waals surface area contributed by atoms with E-state index in [9.17, 15) is 4.79 Å². The van der Waals surface area contributed by atoms with Crippen LogP contribution in [0.3, 0.4) is 0 Å². The highest BCUT2D eigenvalue weighted by Gasteiger charge is 2.51. The molecule has 1 unspecified atom stereocenters. The molecule has 2 fully saturated rings. The summed E-state index contributed by atoms with van der Waals surface area (Å²) in [5, 5.41) is 1.10. The van der Waals surface area contributed by atoms with E-state index in [1.807, 2.05) is 31.9 Å². The fourth-order valence-electron chi connectivity index (χ4n) is 4.89. The van der Waals surface area contributed by atoms with Gasteiger partial charge in [-0.1, -0.05) is 23.4 Å². The second-order valence-electron chi connectivity index (χ2n) is 9.25. The van der Waals surface area contributed by atoms with Crippen molar-refractivity contribution in [3.63, 3.8) is 0 Å². The third-order valence-corrected chi connectivity index (χ3v) is 8.03. The fraction of sp³-hybridized carbons (Fsp3) is 0.571. The Labute approximate surface area is 203 Å². The summed E-state index contributed by atoms with van der Waals surface area (Å²) in [6.07, 6.45) is 3.24. The quantitative estimate of drug-likeness (QED) is 0.275. The Hall–Kier alpha value is -1.52. The molecule has 0 radical (unpaired) electrons. The van der Waals surface area contributed by atoms with Crippen molar-refractivity contribution in [2.75, 3.05) is 24.3 Å². The molecule has 5 rings (SSSR count). The predicted molar refractivity (Wildman–Crippen MR) is 125 cm³/mol. The summed E-state index contributed by atoms with van der Waals surface area (Å²) in [5.41, 5.74) is -0.402. The third kappa shape index (κ3) is 3.40. The molecular weight excluding hydrogens is 523 g/mol. The molecule has 1 amide bonds. The maximum atomic E-state index is 15.2. The Bertz CT molecular complexity index is 1130. The first kappa shape index (κ1) is 22.3. The van der Waals surface area contributed by atoms with Crippen LogP contribution in [0, 0.1) is 5.82 Å². The van der Waals surface area contributed by atoms with Gasteiger partial charge in [0.15, 0.2) is 16.7 Å². The van der Waals surface area contributed by atoms with Crippen molar-refractivity contribution in [3.05, 3.63) is 15.3 Å². The molecule has 1 aromatic heterocycles. The van der Waals surface area contributed by atoms with Gasteiger partial charge in [-0.25, -0.2) is 19.2 Å². The van der Waals surface area contributed by atoms with E-state index in [-0.39, 0.29) is 45.8 Å². The van der Waals surface area contributed by atoms with Crippen LogP contribution in [0.1, 0.15) is 33.6 Å². The number of piperazine rings is 1. The van der Waals surface area contributed by atoms with Crippen molar-refractivity contribution < 1.29 is 18.7 Å². The molecular formula is C21H23BrClFN4O3S. The molecule has 3 aliphatic heterocycles. The Balaban J connectivity index is 1.63. The molecule has 2 saturated heterocycles. The zero-order valence-electron chi connectivity index (χ0n) is 18.1. The zero-order valence-corrected chi connectivity index (χ0v) is 21.3.